The molecule has 0 aliphatic heterocycles. The van der Waals surface area contributed by atoms with Gasteiger partial charge in [-0.2, -0.15) is 0 Å². The van der Waals surface area contributed by atoms with Crippen molar-refractivity contribution in [3.05, 3.63) is 51.7 Å². The molecule has 1 atom stereocenters. The van der Waals surface area contributed by atoms with Gasteiger partial charge in [0.2, 0.25) is 5.91 Å². The van der Waals surface area contributed by atoms with Crippen molar-refractivity contribution in [3.8, 4) is 5.75 Å². The molecule has 0 saturated carbocycles. The second kappa shape index (κ2) is 11.5. The first-order valence-corrected chi connectivity index (χ1v) is 13.9. The second-order valence-corrected chi connectivity index (χ2v) is 11.2. The SMILES string of the molecule is Cc1ccc(OC(C)c2nnc(SCC(=O)Nc3sc4c(c3C(=O)OC(C)C)CCCC4)n2C)cc1. The summed E-state index contributed by atoms with van der Waals surface area (Å²) in [5.41, 5.74) is 2.71. The maximum atomic E-state index is 12.9. The molecule has 2 heterocycles. The van der Waals surface area contributed by atoms with Gasteiger partial charge in [0.25, 0.3) is 0 Å². The van der Waals surface area contributed by atoms with E-state index in [0.29, 0.717) is 21.5 Å². The Bertz CT molecular complexity index is 1230. The van der Waals surface area contributed by atoms with Gasteiger partial charge in [-0.1, -0.05) is 29.5 Å². The zero-order valence-corrected chi connectivity index (χ0v) is 22.9. The minimum absolute atomic E-state index is 0.139. The molecule has 1 aromatic carbocycles. The lowest BCUT2D eigenvalue weighted by Crippen LogP contribution is -2.19. The number of carbonyl (C=O) groups excluding carboxylic acids is 2. The molecule has 1 amide bonds. The highest BCUT2D eigenvalue weighted by atomic mass is 32.2. The van der Waals surface area contributed by atoms with Gasteiger partial charge < -0.3 is 19.4 Å². The van der Waals surface area contributed by atoms with Crippen molar-refractivity contribution in [2.24, 2.45) is 7.05 Å². The molecule has 36 heavy (non-hydrogen) atoms. The number of nitrogens with zero attached hydrogens (tertiary/aromatic N) is 3. The first-order valence-electron chi connectivity index (χ1n) is 12.1. The number of aromatic nitrogens is 3. The summed E-state index contributed by atoms with van der Waals surface area (Å²) in [6.45, 7) is 7.60. The van der Waals surface area contributed by atoms with E-state index in [0.717, 1.165) is 42.6 Å². The van der Waals surface area contributed by atoms with Gasteiger partial charge in [0.05, 0.1) is 17.4 Å². The number of esters is 1. The zero-order valence-electron chi connectivity index (χ0n) is 21.3. The number of hydrogen-bond donors (Lipinski definition) is 1. The number of aryl methyl sites for hydroxylation is 2. The van der Waals surface area contributed by atoms with Crippen LogP contribution in [0.2, 0.25) is 0 Å². The topological polar surface area (TPSA) is 95.3 Å². The molecule has 3 aromatic rings. The van der Waals surface area contributed by atoms with E-state index in [4.69, 9.17) is 9.47 Å². The summed E-state index contributed by atoms with van der Waals surface area (Å²) in [6, 6.07) is 7.85. The Morgan fingerprint density at radius 1 is 1.14 bits per heavy atom. The smallest absolute Gasteiger partial charge is 0.341 e. The fourth-order valence-electron chi connectivity index (χ4n) is 4.12. The van der Waals surface area contributed by atoms with Gasteiger partial charge in [0, 0.05) is 11.9 Å². The summed E-state index contributed by atoms with van der Waals surface area (Å²) in [4.78, 5) is 26.8. The van der Waals surface area contributed by atoms with Crippen molar-refractivity contribution < 1.29 is 19.1 Å². The fourth-order valence-corrected chi connectivity index (χ4v) is 6.13. The van der Waals surface area contributed by atoms with Crippen LogP contribution >= 0.6 is 23.1 Å². The second-order valence-electron chi connectivity index (χ2n) is 9.18. The standard InChI is InChI=1S/C26H32N4O4S2/c1-15(2)33-25(32)22-19-8-6-7-9-20(19)36-24(22)27-21(31)14-35-26-29-28-23(30(26)5)17(4)34-18-12-10-16(3)11-13-18/h10-13,15,17H,6-9,14H2,1-5H3,(H,27,31). The molecule has 4 rings (SSSR count). The maximum absolute atomic E-state index is 12.9. The summed E-state index contributed by atoms with van der Waals surface area (Å²) in [5, 5.41) is 12.7. The number of benzene rings is 1. The fraction of sp³-hybridized carbons (Fsp3) is 0.462. The largest absolute Gasteiger partial charge is 0.483 e. The minimum atomic E-state index is -0.368. The monoisotopic (exact) mass is 528 g/mol. The molecule has 2 aromatic heterocycles. The first-order chi connectivity index (χ1) is 17.2. The Hall–Kier alpha value is -2.85. The number of hydrogen-bond acceptors (Lipinski definition) is 8. The summed E-state index contributed by atoms with van der Waals surface area (Å²) in [5.74, 6) is 0.997. The Morgan fingerprint density at radius 2 is 1.86 bits per heavy atom. The molecule has 0 saturated heterocycles. The Balaban J connectivity index is 1.40. The molecule has 1 N–H and O–H groups in total. The maximum Gasteiger partial charge on any atom is 0.341 e. The van der Waals surface area contributed by atoms with Crippen LogP contribution in [-0.2, 0) is 29.4 Å². The predicted octanol–water partition coefficient (Wildman–Crippen LogP) is 5.50. The third-order valence-corrected chi connectivity index (χ3v) is 8.10. The summed E-state index contributed by atoms with van der Waals surface area (Å²) in [6.07, 6.45) is 3.37. The third-order valence-electron chi connectivity index (χ3n) is 5.87. The number of thiophene rings is 1. The van der Waals surface area contributed by atoms with Crippen molar-refractivity contribution in [2.75, 3.05) is 11.1 Å². The molecular weight excluding hydrogens is 496 g/mol. The molecule has 0 radical (unpaired) electrons. The highest BCUT2D eigenvalue weighted by Gasteiger charge is 2.28. The average molecular weight is 529 g/mol. The Kier molecular flexibility index (Phi) is 8.35. The van der Waals surface area contributed by atoms with Crippen LogP contribution in [0.25, 0.3) is 0 Å². The van der Waals surface area contributed by atoms with Gasteiger partial charge in [-0.05, 0) is 71.1 Å². The number of nitrogens with one attached hydrogen (secondary N) is 1. The normalized spacial score (nSPS) is 13.8. The van der Waals surface area contributed by atoms with Crippen LogP contribution in [-0.4, -0.2) is 38.5 Å². The molecule has 0 fully saturated rings. The van der Waals surface area contributed by atoms with Crippen LogP contribution in [0.15, 0.2) is 29.4 Å². The van der Waals surface area contributed by atoms with E-state index in [1.165, 1.54) is 28.0 Å². The quantitative estimate of drug-likeness (QED) is 0.289. The predicted molar refractivity (Wildman–Crippen MR) is 142 cm³/mol. The lowest BCUT2D eigenvalue weighted by atomic mass is 9.95. The van der Waals surface area contributed by atoms with Crippen LogP contribution < -0.4 is 10.1 Å². The summed E-state index contributed by atoms with van der Waals surface area (Å²) in [7, 11) is 1.86. The average Bonchev–Trinajstić information content (AvgIpc) is 3.38. The molecule has 8 nitrogen and oxygen atoms in total. The zero-order chi connectivity index (χ0) is 25.8. The first kappa shape index (κ1) is 26.2. The lowest BCUT2D eigenvalue weighted by Gasteiger charge is -2.14. The number of anilines is 1. The summed E-state index contributed by atoms with van der Waals surface area (Å²) >= 11 is 2.78. The molecule has 1 unspecified atom stereocenters. The van der Waals surface area contributed by atoms with Crippen LogP contribution in [0.5, 0.6) is 5.75 Å². The van der Waals surface area contributed by atoms with Gasteiger partial charge in [-0.3, -0.25) is 4.79 Å². The van der Waals surface area contributed by atoms with Crippen molar-refractivity contribution in [1.82, 2.24) is 14.8 Å². The van der Waals surface area contributed by atoms with Gasteiger partial charge in [-0.25, -0.2) is 4.79 Å². The van der Waals surface area contributed by atoms with Crippen molar-refractivity contribution in [3.63, 3.8) is 0 Å². The molecule has 1 aliphatic carbocycles. The van der Waals surface area contributed by atoms with Gasteiger partial charge >= 0.3 is 5.97 Å². The number of amides is 1. The van der Waals surface area contributed by atoms with E-state index < -0.39 is 0 Å². The highest BCUT2D eigenvalue weighted by Crippen LogP contribution is 2.39. The van der Waals surface area contributed by atoms with E-state index in [9.17, 15) is 9.59 Å². The van der Waals surface area contributed by atoms with E-state index in [2.05, 4.69) is 15.5 Å². The van der Waals surface area contributed by atoms with E-state index in [-0.39, 0.29) is 29.8 Å². The van der Waals surface area contributed by atoms with Crippen LogP contribution in [0.3, 0.4) is 0 Å². The number of ether oxygens (including phenoxy) is 2. The van der Waals surface area contributed by atoms with Crippen LogP contribution in [0.4, 0.5) is 5.00 Å². The number of thioether (sulfide) groups is 1. The van der Waals surface area contributed by atoms with E-state index in [1.807, 2.05) is 63.6 Å². The highest BCUT2D eigenvalue weighted by molar-refractivity contribution is 7.99. The number of fused-ring (bicyclic) bond motifs is 1. The molecule has 10 heteroatoms. The molecule has 192 valence electrons. The van der Waals surface area contributed by atoms with Crippen molar-refractivity contribution >= 4 is 40.0 Å². The molecule has 0 bridgehead atoms. The lowest BCUT2D eigenvalue weighted by molar-refractivity contribution is -0.113. The Morgan fingerprint density at radius 3 is 2.58 bits per heavy atom. The van der Waals surface area contributed by atoms with E-state index in [1.54, 1.807) is 0 Å². The molecule has 0 spiro atoms. The molecule has 1 aliphatic rings. The van der Waals surface area contributed by atoms with Crippen LogP contribution in [0, 0.1) is 6.92 Å². The van der Waals surface area contributed by atoms with Gasteiger partial charge in [0.15, 0.2) is 17.1 Å². The van der Waals surface area contributed by atoms with Crippen molar-refractivity contribution in [1.29, 1.82) is 0 Å². The van der Waals surface area contributed by atoms with Crippen LogP contribution in [0.1, 0.15) is 71.9 Å². The summed E-state index contributed by atoms with van der Waals surface area (Å²) < 4.78 is 13.3. The number of rotatable bonds is 9. The Labute approximate surface area is 219 Å². The van der Waals surface area contributed by atoms with Crippen molar-refractivity contribution in [2.45, 2.75) is 70.7 Å². The van der Waals surface area contributed by atoms with Gasteiger partial charge in [0.1, 0.15) is 10.8 Å². The third kappa shape index (κ3) is 6.10. The number of carbonyl (C=O) groups is 2. The minimum Gasteiger partial charge on any atom is -0.483 e. The van der Waals surface area contributed by atoms with E-state index >= 15 is 0 Å². The van der Waals surface area contributed by atoms with Gasteiger partial charge in [-0.15, -0.1) is 21.5 Å². The molecular formula is C26H32N4O4S2.